The summed E-state index contributed by atoms with van der Waals surface area (Å²) in [7, 11) is 0. The Balaban J connectivity index is 2.18. The molecule has 23 heavy (non-hydrogen) atoms. The summed E-state index contributed by atoms with van der Waals surface area (Å²) in [5, 5.41) is 15.3. The van der Waals surface area contributed by atoms with Gasteiger partial charge in [-0.05, 0) is 24.3 Å². The molecule has 1 aromatic carbocycles. The number of hydrogen-bond donors (Lipinski definition) is 3. The number of nitrogens with zero attached hydrogens (tertiary/aromatic N) is 2. The van der Waals surface area contributed by atoms with E-state index in [0.29, 0.717) is 34.1 Å². The summed E-state index contributed by atoms with van der Waals surface area (Å²) >= 11 is 0. The molecule has 2 aromatic heterocycles. The zero-order chi connectivity index (χ0) is 16.4. The number of nitrogen functional groups attached to an aromatic ring is 1. The predicted molar refractivity (Wildman–Crippen MR) is 86.0 cm³/mol. The third kappa shape index (κ3) is 2.71. The van der Waals surface area contributed by atoms with Gasteiger partial charge in [0.25, 0.3) is 0 Å². The van der Waals surface area contributed by atoms with Crippen molar-refractivity contribution in [2.45, 2.75) is 0 Å². The van der Waals surface area contributed by atoms with Gasteiger partial charge in [0.05, 0.1) is 11.3 Å². The van der Waals surface area contributed by atoms with Crippen molar-refractivity contribution in [3.05, 3.63) is 54.0 Å². The van der Waals surface area contributed by atoms with Crippen LogP contribution < -0.4 is 5.73 Å². The Kier molecular flexibility index (Phi) is 3.68. The Morgan fingerprint density at radius 2 is 2.09 bits per heavy atom. The number of halogens is 1. The van der Waals surface area contributed by atoms with E-state index in [4.69, 9.17) is 21.3 Å². The lowest BCUT2D eigenvalue weighted by Gasteiger charge is -2.09. The van der Waals surface area contributed by atoms with E-state index in [2.05, 4.69) is 9.97 Å². The second-order valence-electron chi connectivity index (χ2n) is 4.72. The van der Waals surface area contributed by atoms with Crippen LogP contribution in [0.2, 0.25) is 0 Å². The van der Waals surface area contributed by atoms with Crippen LogP contribution in [0.4, 0.5) is 10.2 Å². The Morgan fingerprint density at radius 1 is 1.26 bits per heavy atom. The summed E-state index contributed by atoms with van der Waals surface area (Å²) in [6, 6.07) is 9.50. The fourth-order valence-corrected chi connectivity index (χ4v) is 2.25. The predicted octanol–water partition coefficient (Wildman–Crippen LogP) is 2.97. The monoisotopic (exact) mass is 309 g/mol. The standard InChI is InChI=1S/C16H12FN5O/c17-10-3-1-2-9(6-10)13-5-4-11-12(16(20)23-8-18)7-21-15(19)14(11)22-13/h1-8,18,20H,(H2,19,21). The minimum absolute atomic E-state index is 0.199. The summed E-state index contributed by atoms with van der Waals surface area (Å²) in [5.74, 6) is -0.382. The normalized spacial score (nSPS) is 10.5. The van der Waals surface area contributed by atoms with Gasteiger partial charge >= 0.3 is 0 Å². The summed E-state index contributed by atoms with van der Waals surface area (Å²) in [6.45, 7) is 0. The first-order chi connectivity index (χ1) is 11.1. The van der Waals surface area contributed by atoms with E-state index < -0.39 is 0 Å². The third-order valence-electron chi connectivity index (χ3n) is 3.30. The molecular weight excluding hydrogens is 297 g/mol. The van der Waals surface area contributed by atoms with Gasteiger partial charge in [0.1, 0.15) is 17.2 Å². The van der Waals surface area contributed by atoms with Crippen LogP contribution in [0.15, 0.2) is 42.6 Å². The molecule has 0 bridgehead atoms. The van der Waals surface area contributed by atoms with Crippen LogP contribution in [0, 0.1) is 16.6 Å². The lowest BCUT2D eigenvalue weighted by Crippen LogP contribution is -2.07. The van der Waals surface area contributed by atoms with Gasteiger partial charge in [-0.2, -0.15) is 0 Å². The first kappa shape index (κ1) is 14.6. The molecule has 4 N–H and O–H groups in total. The van der Waals surface area contributed by atoms with Crippen LogP contribution in [-0.4, -0.2) is 22.3 Å². The lowest BCUT2D eigenvalue weighted by molar-refractivity contribution is 0.561. The molecule has 3 rings (SSSR count). The van der Waals surface area contributed by atoms with Crippen molar-refractivity contribution >= 4 is 29.0 Å². The van der Waals surface area contributed by atoms with Crippen molar-refractivity contribution in [1.29, 1.82) is 10.8 Å². The summed E-state index contributed by atoms with van der Waals surface area (Å²) in [5.41, 5.74) is 7.79. The third-order valence-corrected chi connectivity index (χ3v) is 3.30. The van der Waals surface area contributed by atoms with E-state index in [9.17, 15) is 4.39 Å². The van der Waals surface area contributed by atoms with Gasteiger partial charge in [-0.3, -0.25) is 10.8 Å². The van der Waals surface area contributed by atoms with E-state index >= 15 is 0 Å². The van der Waals surface area contributed by atoms with Crippen molar-refractivity contribution < 1.29 is 9.13 Å². The average Bonchev–Trinajstić information content (AvgIpc) is 2.55. The summed E-state index contributed by atoms with van der Waals surface area (Å²) in [4.78, 5) is 8.43. The highest BCUT2D eigenvalue weighted by molar-refractivity contribution is 6.08. The minimum atomic E-state index is -0.356. The molecule has 2 heterocycles. The number of nitrogens with two attached hydrogens (primary N) is 1. The maximum absolute atomic E-state index is 13.4. The summed E-state index contributed by atoms with van der Waals surface area (Å²) < 4.78 is 18.1. The maximum atomic E-state index is 13.4. The number of fused-ring (bicyclic) bond motifs is 1. The molecule has 0 amide bonds. The molecule has 0 saturated carbocycles. The van der Waals surface area contributed by atoms with Crippen LogP contribution in [0.5, 0.6) is 0 Å². The van der Waals surface area contributed by atoms with E-state index in [1.54, 1.807) is 24.3 Å². The summed E-state index contributed by atoms with van der Waals surface area (Å²) in [6.07, 6.45) is 2.06. The number of nitrogens with one attached hydrogen (secondary N) is 2. The highest BCUT2D eigenvalue weighted by Crippen LogP contribution is 2.26. The molecule has 0 radical (unpaired) electrons. The quantitative estimate of drug-likeness (QED) is 0.510. The minimum Gasteiger partial charge on any atom is -0.428 e. The van der Waals surface area contributed by atoms with Gasteiger partial charge in [0, 0.05) is 17.1 Å². The van der Waals surface area contributed by atoms with Crippen LogP contribution in [0.25, 0.3) is 22.2 Å². The number of benzene rings is 1. The highest BCUT2D eigenvalue weighted by Gasteiger charge is 2.13. The molecule has 3 aromatic rings. The van der Waals surface area contributed by atoms with Gasteiger partial charge in [-0.1, -0.05) is 12.1 Å². The molecular formula is C16H12FN5O. The number of ether oxygens (including phenoxy) is 1. The molecule has 0 aliphatic rings. The first-order valence-corrected chi connectivity index (χ1v) is 6.66. The Bertz CT molecular complexity index is 925. The molecule has 0 spiro atoms. The van der Waals surface area contributed by atoms with E-state index in [0.717, 1.165) is 0 Å². The van der Waals surface area contributed by atoms with Gasteiger partial charge in [-0.25, -0.2) is 14.4 Å². The van der Waals surface area contributed by atoms with Crippen molar-refractivity contribution in [3.63, 3.8) is 0 Å². The Hall–Kier alpha value is -3.35. The number of rotatable bonds is 3. The zero-order valence-corrected chi connectivity index (χ0v) is 11.9. The van der Waals surface area contributed by atoms with Crippen molar-refractivity contribution in [3.8, 4) is 11.3 Å². The average molecular weight is 309 g/mol. The van der Waals surface area contributed by atoms with Gasteiger partial charge in [0.2, 0.25) is 5.90 Å². The Morgan fingerprint density at radius 3 is 2.83 bits per heavy atom. The van der Waals surface area contributed by atoms with Crippen molar-refractivity contribution in [2.75, 3.05) is 5.73 Å². The fourth-order valence-electron chi connectivity index (χ4n) is 2.25. The topological polar surface area (TPSA) is 109 Å². The molecule has 0 aliphatic heterocycles. The molecule has 0 unspecified atom stereocenters. The van der Waals surface area contributed by atoms with Crippen LogP contribution in [0.3, 0.4) is 0 Å². The second-order valence-corrected chi connectivity index (χ2v) is 4.72. The number of anilines is 1. The molecule has 0 atom stereocenters. The SMILES string of the molecule is N=COC(=N)c1cnc(N)c2nc(-c3cccc(F)c3)ccc12. The van der Waals surface area contributed by atoms with E-state index in [-0.39, 0.29) is 17.5 Å². The maximum Gasteiger partial charge on any atom is 0.222 e. The molecule has 0 saturated heterocycles. The smallest absolute Gasteiger partial charge is 0.222 e. The molecule has 7 heteroatoms. The van der Waals surface area contributed by atoms with Crippen LogP contribution in [-0.2, 0) is 4.74 Å². The highest BCUT2D eigenvalue weighted by atomic mass is 19.1. The number of aromatic nitrogens is 2. The first-order valence-electron chi connectivity index (χ1n) is 6.66. The second kappa shape index (κ2) is 5.80. The zero-order valence-electron chi connectivity index (χ0n) is 11.9. The number of pyridine rings is 2. The lowest BCUT2D eigenvalue weighted by atomic mass is 10.1. The van der Waals surface area contributed by atoms with Crippen molar-refractivity contribution in [2.24, 2.45) is 0 Å². The van der Waals surface area contributed by atoms with Crippen LogP contribution >= 0.6 is 0 Å². The molecule has 0 fully saturated rings. The van der Waals surface area contributed by atoms with Gasteiger partial charge < -0.3 is 10.5 Å². The van der Waals surface area contributed by atoms with Crippen LogP contribution in [0.1, 0.15) is 5.56 Å². The molecule has 6 nitrogen and oxygen atoms in total. The van der Waals surface area contributed by atoms with Gasteiger partial charge in [-0.15, -0.1) is 0 Å². The largest absolute Gasteiger partial charge is 0.428 e. The van der Waals surface area contributed by atoms with E-state index in [1.165, 1.54) is 18.3 Å². The molecule has 0 aliphatic carbocycles. The van der Waals surface area contributed by atoms with Crippen molar-refractivity contribution in [1.82, 2.24) is 9.97 Å². The van der Waals surface area contributed by atoms with E-state index in [1.807, 2.05) is 0 Å². The Labute approximate surface area is 130 Å². The molecule has 114 valence electrons. The fraction of sp³-hybridized carbons (Fsp3) is 0. The van der Waals surface area contributed by atoms with Gasteiger partial charge in [0.15, 0.2) is 6.40 Å². The number of hydrogen-bond acceptors (Lipinski definition) is 6.